The van der Waals surface area contributed by atoms with Crippen molar-refractivity contribution in [1.82, 2.24) is 9.88 Å². The fourth-order valence-corrected chi connectivity index (χ4v) is 5.94. The lowest BCUT2D eigenvalue weighted by Crippen LogP contribution is -2.34. The van der Waals surface area contributed by atoms with Crippen molar-refractivity contribution in [2.24, 2.45) is 0 Å². The molecule has 166 valence electrons. The normalized spacial score (nSPS) is 19.2. The van der Waals surface area contributed by atoms with Crippen LogP contribution in [0.3, 0.4) is 0 Å². The van der Waals surface area contributed by atoms with Crippen molar-refractivity contribution in [2.45, 2.75) is 44.4 Å². The molecule has 0 aliphatic carbocycles. The van der Waals surface area contributed by atoms with Gasteiger partial charge in [-0.05, 0) is 86.0 Å². The zero-order chi connectivity index (χ0) is 21.8. The third kappa shape index (κ3) is 3.24. The van der Waals surface area contributed by atoms with Crippen LogP contribution < -0.4 is 4.90 Å². The number of benzene rings is 2. The van der Waals surface area contributed by atoms with Crippen LogP contribution in [0.2, 0.25) is 0 Å². The van der Waals surface area contributed by atoms with Gasteiger partial charge in [0.05, 0.1) is 5.69 Å². The Morgan fingerprint density at radius 3 is 2.72 bits per heavy atom. The molecule has 3 aliphatic rings. The van der Waals surface area contributed by atoms with E-state index in [1.807, 2.05) is 18.3 Å². The number of rotatable bonds is 4. The van der Waals surface area contributed by atoms with Crippen LogP contribution >= 0.6 is 0 Å². The van der Waals surface area contributed by atoms with Crippen molar-refractivity contribution in [3.05, 3.63) is 64.4 Å². The van der Waals surface area contributed by atoms with Crippen LogP contribution in [0.25, 0.3) is 10.9 Å². The second-order valence-corrected chi connectivity index (χ2v) is 9.43. The van der Waals surface area contributed by atoms with Gasteiger partial charge in [0.25, 0.3) is 0 Å². The van der Waals surface area contributed by atoms with E-state index in [-0.39, 0.29) is 17.5 Å². The summed E-state index contributed by atoms with van der Waals surface area (Å²) in [4.78, 5) is 19.6. The first-order valence-corrected chi connectivity index (χ1v) is 11.7. The second-order valence-electron chi connectivity index (χ2n) is 9.43. The number of hydrogen-bond acceptors (Lipinski definition) is 2. The molecule has 6 rings (SSSR count). The lowest BCUT2D eigenvalue weighted by Gasteiger charge is -2.32. The summed E-state index contributed by atoms with van der Waals surface area (Å²) in [6.45, 7) is 3.44. The number of nitrogens with one attached hydrogen (secondary N) is 1. The first-order chi connectivity index (χ1) is 15.6. The van der Waals surface area contributed by atoms with E-state index in [0.29, 0.717) is 31.7 Å². The molecule has 4 heterocycles. The van der Waals surface area contributed by atoms with E-state index in [9.17, 15) is 9.18 Å². The smallest absolute Gasteiger partial charge is 0.227 e. The highest BCUT2D eigenvalue weighted by Gasteiger charge is 2.34. The number of halogens is 2. The van der Waals surface area contributed by atoms with Gasteiger partial charge in [0, 0.05) is 42.2 Å². The molecule has 0 radical (unpaired) electrons. The molecule has 2 aromatic carbocycles. The standard InChI is InChI=1S/C26H27F2N3O/c27-19-2-3-20-22(15-29-23(20)14-19)16-5-9-30(10-6-16)11-7-17-13-18-1-4-24(32)31-12-8-21(25(17)28)26(18)31/h2-3,13-16,29H,1,4-12H2. The van der Waals surface area contributed by atoms with Crippen molar-refractivity contribution < 1.29 is 13.6 Å². The Hall–Kier alpha value is -2.73. The Balaban J connectivity index is 1.12. The summed E-state index contributed by atoms with van der Waals surface area (Å²) >= 11 is 0. The number of carbonyl (C=O) groups is 1. The van der Waals surface area contributed by atoms with E-state index in [1.165, 1.54) is 11.6 Å². The highest BCUT2D eigenvalue weighted by molar-refractivity contribution is 5.98. The Morgan fingerprint density at radius 2 is 1.88 bits per heavy atom. The number of aryl methyl sites for hydroxylation is 1. The predicted molar refractivity (Wildman–Crippen MR) is 121 cm³/mol. The molecule has 3 aromatic rings. The molecular weight excluding hydrogens is 408 g/mol. The van der Waals surface area contributed by atoms with Gasteiger partial charge >= 0.3 is 0 Å². The Bertz CT molecular complexity index is 1210. The monoisotopic (exact) mass is 435 g/mol. The van der Waals surface area contributed by atoms with E-state index < -0.39 is 0 Å². The Morgan fingerprint density at radius 1 is 1.03 bits per heavy atom. The van der Waals surface area contributed by atoms with Crippen LogP contribution in [-0.2, 0) is 24.1 Å². The van der Waals surface area contributed by atoms with Gasteiger partial charge in [-0.15, -0.1) is 0 Å². The molecule has 1 N–H and O–H groups in total. The van der Waals surface area contributed by atoms with Gasteiger partial charge in [0.2, 0.25) is 5.91 Å². The van der Waals surface area contributed by atoms with Gasteiger partial charge in [-0.1, -0.05) is 6.07 Å². The van der Waals surface area contributed by atoms with Crippen LogP contribution in [0, 0.1) is 11.6 Å². The van der Waals surface area contributed by atoms with Crippen LogP contribution in [0.15, 0.2) is 30.5 Å². The van der Waals surface area contributed by atoms with Crippen molar-refractivity contribution in [3.8, 4) is 0 Å². The average molecular weight is 436 g/mol. The maximum absolute atomic E-state index is 15.2. The topological polar surface area (TPSA) is 39.3 Å². The quantitative estimate of drug-likeness (QED) is 0.645. The molecule has 6 heteroatoms. The molecule has 0 unspecified atom stereocenters. The minimum absolute atomic E-state index is 0.0955. The van der Waals surface area contributed by atoms with Crippen molar-refractivity contribution >= 4 is 22.5 Å². The first-order valence-electron chi connectivity index (χ1n) is 11.7. The number of carbonyl (C=O) groups excluding carboxylic acids is 1. The summed E-state index contributed by atoms with van der Waals surface area (Å²) in [5.74, 6) is 0.289. The van der Waals surface area contributed by atoms with E-state index in [2.05, 4.69) is 9.88 Å². The number of likely N-dealkylation sites (tertiary alicyclic amines) is 1. The number of hydrogen-bond donors (Lipinski definition) is 1. The van der Waals surface area contributed by atoms with Crippen molar-refractivity contribution in [1.29, 1.82) is 0 Å². The van der Waals surface area contributed by atoms with Gasteiger partial charge < -0.3 is 14.8 Å². The van der Waals surface area contributed by atoms with Crippen molar-refractivity contribution in [2.75, 3.05) is 31.1 Å². The van der Waals surface area contributed by atoms with Gasteiger partial charge in [-0.2, -0.15) is 0 Å². The number of aromatic nitrogens is 1. The average Bonchev–Trinajstić information content (AvgIpc) is 3.43. The minimum Gasteiger partial charge on any atom is -0.361 e. The lowest BCUT2D eigenvalue weighted by molar-refractivity contribution is -0.118. The lowest BCUT2D eigenvalue weighted by atomic mass is 9.89. The summed E-state index contributed by atoms with van der Waals surface area (Å²) in [6, 6.07) is 6.97. The van der Waals surface area contributed by atoms with Gasteiger partial charge in [-0.25, -0.2) is 8.78 Å². The minimum atomic E-state index is -0.215. The fraction of sp³-hybridized carbons (Fsp3) is 0.423. The number of fused-ring (bicyclic) bond motifs is 1. The third-order valence-electron chi connectivity index (χ3n) is 7.65. The largest absolute Gasteiger partial charge is 0.361 e. The summed E-state index contributed by atoms with van der Waals surface area (Å²) in [7, 11) is 0. The van der Waals surface area contributed by atoms with E-state index in [4.69, 9.17) is 0 Å². The summed E-state index contributed by atoms with van der Waals surface area (Å²) < 4.78 is 28.7. The molecule has 1 aromatic heterocycles. The maximum Gasteiger partial charge on any atom is 0.227 e. The molecule has 0 spiro atoms. The first kappa shape index (κ1) is 19.9. The molecule has 1 saturated heterocycles. The predicted octanol–water partition coefficient (Wildman–Crippen LogP) is 4.70. The SMILES string of the molecule is O=C1CCc2cc(CCN3CCC(c4c[nH]c5cc(F)ccc45)CC3)c(F)c3c2N1CC3. The van der Waals surface area contributed by atoms with E-state index >= 15 is 4.39 Å². The summed E-state index contributed by atoms with van der Waals surface area (Å²) in [6.07, 6.45) is 6.74. The highest BCUT2D eigenvalue weighted by Crippen LogP contribution is 2.40. The molecule has 32 heavy (non-hydrogen) atoms. The fourth-order valence-electron chi connectivity index (χ4n) is 5.94. The third-order valence-corrected chi connectivity index (χ3v) is 7.65. The van der Waals surface area contributed by atoms with Gasteiger partial charge in [0.1, 0.15) is 11.6 Å². The van der Waals surface area contributed by atoms with Crippen molar-refractivity contribution in [3.63, 3.8) is 0 Å². The Labute approximate surface area is 186 Å². The van der Waals surface area contributed by atoms with Crippen LogP contribution in [0.1, 0.15) is 47.4 Å². The van der Waals surface area contributed by atoms with Crippen LogP contribution in [-0.4, -0.2) is 42.0 Å². The van der Waals surface area contributed by atoms with Gasteiger partial charge in [0.15, 0.2) is 0 Å². The molecule has 0 saturated carbocycles. The van der Waals surface area contributed by atoms with Crippen LogP contribution in [0.5, 0.6) is 0 Å². The maximum atomic E-state index is 15.2. The number of aromatic amines is 1. The zero-order valence-corrected chi connectivity index (χ0v) is 18.1. The molecule has 1 fully saturated rings. The summed E-state index contributed by atoms with van der Waals surface area (Å²) in [5, 5.41) is 1.12. The number of anilines is 1. The second kappa shape index (κ2) is 7.69. The molecule has 0 bridgehead atoms. The molecule has 1 amide bonds. The van der Waals surface area contributed by atoms with E-state index in [0.717, 1.165) is 72.2 Å². The Kier molecular flexibility index (Phi) is 4.79. The van der Waals surface area contributed by atoms with E-state index in [1.54, 1.807) is 11.0 Å². The number of H-pyrrole nitrogens is 1. The van der Waals surface area contributed by atoms with Gasteiger partial charge in [-0.3, -0.25) is 4.79 Å². The number of piperidine rings is 1. The molecule has 3 aliphatic heterocycles. The molecule has 4 nitrogen and oxygen atoms in total. The molecular formula is C26H27F2N3O. The molecule has 0 atom stereocenters. The highest BCUT2D eigenvalue weighted by atomic mass is 19.1. The summed E-state index contributed by atoms with van der Waals surface area (Å²) in [5.41, 5.74) is 5.70. The number of amides is 1. The zero-order valence-electron chi connectivity index (χ0n) is 18.1. The number of nitrogens with zero attached hydrogens (tertiary/aromatic N) is 2. The van der Waals surface area contributed by atoms with Crippen LogP contribution in [0.4, 0.5) is 14.5 Å².